The molecule has 0 saturated carbocycles. The number of fused-ring (bicyclic) bond motifs is 1. The zero-order valence-corrected chi connectivity index (χ0v) is 19.1. The molecule has 0 aliphatic rings. The number of aryl methyl sites for hydroxylation is 2. The average molecular weight is 483 g/mol. The molecule has 2 aromatic carbocycles. The third-order valence-electron chi connectivity index (χ3n) is 4.76. The number of halogens is 1. The molecule has 4 rings (SSSR count). The maximum atomic E-state index is 12.8. The third-order valence-corrected chi connectivity index (χ3v) is 6.13. The predicted octanol–water partition coefficient (Wildman–Crippen LogP) is 4.97. The van der Waals surface area contributed by atoms with Crippen LogP contribution < -0.4 is 10.5 Å². The van der Waals surface area contributed by atoms with Gasteiger partial charge in [0.25, 0.3) is 5.56 Å². The minimum Gasteiger partial charge on any atom is -0.293 e. The lowest BCUT2D eigenvalue weighted by Crippen LogP contribution is -2.24. The number of anilines is 2. The van der Waals surface area contributed by atoms with E-state index in [4.69, 9.17) is 0 Å². The van der Waals surface area contributed by atoms with Crippen molar-refractivity contribution in [1.29, 1.82) is 0 Å². The van der Waals surface area contributed by atoms with E-state index >= 15 is 0 Å². The lowest BCUT2D eigenvalue weighted by Gasteiger charge is -2.20. The number of benzene rings is 2. The highest BCUT2D eigenvalue weighted by Crippen LogP contribution is 2.31. The summed E-state index contributed by atoms with van der Waals surface area (Å²) in [5.41, 5.74) is 4.16. The topological polar surface area (TPSA) is 68.1 Å². The number of hydrogen-bond acceptors (Lipinski definition) is 5. The Bertz CT molecular complexity index is 1330. The summed E-state index contributed by atoms with van der Waals surface area (Å²) >= 11 is 4.77. The number of hydrogen-bond donors (Lipinski definition) is 0. The van der Waals surface area contributed by atoms with E-state index in [9.17, 15) is 9.59 Å². The molecule has 0 aliphatic carbocycles. The maximum absolute atomic E-state index is 12.8. The Balaban J connectivity index is 1.68. The monoisotopic (exact) mass is 482 g/mol. The highest BCUT2D eigenvalue weighted by molar-refractivity contribution is 9.10. The average Bonchev–Trinajstić information content (AvgIpc) is 3.14. The number of carbonyl (C=O) groups excluding carboxylic acids is 1. The van der Waals surface area contributed by atoms with E-state index < -0.39 is 0 Å². The molecule has 0 bridgehead atoms. The number of amides is 1. The van der Waals surface area contributed by atoms with Crippen molar-refractivity contribution in [1.82, 2.24) is 14.5 Å². The van der Waals surface area contributed by atoms with E-state index in [1.165, 1.54) is 29.2 Å². The van der Waals surface area contributed by atoms with Crippen LogP contribution in [0, 0.1) is 13.8 Å². The first kappa shape index (κ1) is 20.4. The van der Waals surface area contributed by atoms with E-state index in [2.05, 4.69) is 25.9 Å². The molecule has 0 radical (unpaired) electrons. The van der Waals surface area contributed by atoms with E-state index in [0.29, 0.717) is 21.7 Å². The molecule has 2 heterocycles. The number of nitrogens with zero attached hydrogens (tertiary/aromatic N) is 4. The molecule has 8 heteroatoms. The molecular weight excluding hydrogens is 464 g/mol. The lowest BCUT2D eigenvalue weighted by molar-refractivity contribution is -0.115. The van der Waals surface area contributed by atoms with E-state index in [1.54, 1.807) is 17.0 Å². The van der Waals surface area contributed by atoms with Gasteiger partial charge >= 0.3 is 0 Å². The molecule has 0 saturated heterocycles. The predicted molar refractivity (Wildman–Crippen MR) is 124 cm³/mol. The van der Waals surface area contributed by atoms with Crippen LogP contribution in [0.15, 0.2) is 57.4 Å². The van der Waals surface area contributed by atoms with Crippen LogP contribution >= 0.6 is 27.3 Å². The number of thiazole rings is 1. The molecule has 0 fully saturated rings. The van der Waals surface area contributed by atoms with E-state index in [-0.39, 0.29) is 18.0 Å². The number of aromatic nitrogens is 3. The second-order valence-corrected chi connectivity index (χ2v) is 8.86. The van der Waals surface area contributed by atoms with Gasteiger partial charge in [-0.3, -0.25) is 19.1 Å². The Hall–Kier alpha value is -2.84. The molecule has 0 spiro atoms. The van der Waals surface area contributed by atoms with Crippen molar-refractivity contribution in [2.45, 2.75) is 27.3 Å². The van der Waals surface area contributed by atoms with Gasteiger partial charge in [0, 0.05) is 16.8 Å². The Morgan fingerprint density at radius 2 is 2.00 bits per heavy atom. The standard InChI is InChI=1S/C22H19BrN4O2S/c1-13-4-7-20(14(2)8-13)27(15(3)28)22-25-17(11-30-22)10-26-12-24-19-6-5-16(23)9-18(19)21(26)29/h4-9,11-12H,10H2,1-3H3. The summed E-state index contributed by atoms with van der Waals surface area (Å²) < 4.78 is 2.36. The Kier molecular flexibility index (Phi) is 5.53. The van der Waals surface area contributed by atoms with Gasteiger partial charge in [-0.05, 0) is 43.7 Å². The van der Waals surface area contributed by atoms with Crippen LogP contribution in [0.3, 0.4) is 0 Å². The summed E-state index contributed by atoms with van der Waals surface area (Å²) in [6.07, 6.45) is 1.53. The summed E-state index contributed by atoms with van der Waals surface area (Å²) in [4.78, 5) is 35.9. The van der Waals surface area contributed by atoms with Crippen molar-refractivity contribution in [3.8, 4) is 0 Å². The van der Waals surface area contributed by atoms with Gasteiger partial charge in [0.1, 0.15) is 0 Å². The van der Waals surface area contributed by atoms with Crippen molar-refractivity contribution in [2.24, 2.45) is 0 Å². The number of carbonyl (C=O) groups is 1. The summed E-state index contributed by atoms with van der Waals surface area (Å²) in [6, 6.07) is 11.4. The first-order valence-electron chi connectivity index (χ1n) is 9.30. The second-order valence-electron chi connectivity index (χ2n) is 7.10. The molecule has 1 amide bonds. The van der Waals surface area contributed by atoms with Crippen LogP contribution in [0.4, 0.5) is 10.8 Å². The minimum absolute atomic E-state index is 0.114. The number of rotatable bonds is 4. The molecule has 6 nitrogen and oxygen atoms in total. The second kappa shape index (κ2) is 8.12. The van der Waals surface area contributed by atoms with Gasteiger partial charge in [0.05, 0.1) is 35.2 Å². The Morgan fingerprint density at radius 1 is 1.20 bits per heavy atom. The molecule has 0 unspecified atom stereocenters. The Morgan fingerprint density at radius 3 is 2.73 bits per heavy atom. The first-order chi connectivity index (χ1) is 14.3. The van der Waals surface area contributed by atoms with Gasteiger partial charge in [-0.25, -0.2) is 9.97 Å². The normalized spacial score (nSPS) is 11.1. The minimum atomic E-state index is -0.131. The van der Waals surface area contributed by atoms with Gasteiger partial charge in [-0.1, -0.05) is 33.6 Å². The molecule has 2 aromatic heterocycles. The SMILES string of the molecule is CC(=O)N(c1nc(Cn2cnc3ccc(Br)cc3c2=O)cs1)c1ccc(C)cc1C. The fourth-order valence-electron chi connectivity index (χ4n) is 3.35. The summed E-state index contributed by atoms with van der Waals surface area (Å²) in [5.74, 6) is -0.114. The van der Waals surface area contributed by atoms with Crippen molar-refractivity contribution in [3.05, 3.63) is 79.8 Å². The zero-order valence-electron chi connectivity index (χ0n) is 16.7. The van der Waals surface area contributed by atoms with E-state index in [1.807, 2.05) is 43.5 Å². The molecule has 0 N–H and O–H groups in total. The van der Waals surface area contributed by atoms with Crippen LogP contribution in [0.1, 0.15) is 23.7 Å². The van der Waals surface area contributed by atoms with Gasteiger partial charge in [-0.2, -0.15) is 0 Å². The fourth-order valence-corrected chi connectivity index (χ4v) is 4.59. The van der Waals surface area contributed by atoms with Crippen molar-refractivity contribution in [2.75, 3.05) is 4.90 Å². The molecule has 0 aliphatic heterocycles. The van der Waals surface area contributed by atoms with E-state index in [0.717, 1.165) is 21.3 Å². The van der Waals surface area contributed by atoms with Gasteiger partial charge in [-0.15, -0.1) is 11.3 Å². The third kappa shape index (κ3) is 3.93. The Labute approximate surface area is 186 Å². The summed E-state index contributed by atoms with van der Waals surface area (Å²) in [6.45, 7) is 5.80. The van der Waals surface area contributed by atoms with Crippen LogP contribution in [-0.2, 0) is 11.3 Å². The van der Waals surface area contributed by atoms with Crippen LogP contribution in [0.25, 0.3) is 10.9 Å². The highest BCUT2D eigenvalue weighted by Gasteiger charge is 2.20. The smallest absolute Gasteiger partial charge is 0.261 e. The van der Waals surface area contributed by atoms with Gasteiger partial charge in [0.2, 0.25) is 5.91 Å². The maximum Gasteiger partial charge on any atom is 0.261 e. The molecule has 152 valence electrons. The lowest BCUT2D eigenvalue weighted by atomic mass is 10.1. The first-order valence-corrected chi connectivity index (χ1v) is 11.0. The summed E-state index contributed by atoms with van der Waals surface area (Å²) in [7, 11) is 0. The molecule has 30 heavy (non-hydrogen) atoms. The molecule has 4 aromatic rings. The van der Waals surface area contributed by atoms with Crippen molar-refractivity contribution < 1.29 is 4.79 Å². The van der Waals surface area contributed by atoms with Gasteiger partial charge in [0.15, 0.2) is 5.13 Å². The fraction of sp³-hybridized carbons (Fsp3) is 0.182. The largest absolute Gasteiger partial charge is 0.293 e. The summed E-state index contributed by atoms with van der Waals surface area (Å²) in [5, 5.41) is 2.99. The van der Waals surface area contributed by atoms with Gasteiger partial charge < -0.3 is 0 Å². The van der Waals surface area contributed by atoms with Crippen LogP contribution in [0.5, 0.6) is 0 Å². The van der Waals surface area contributed by atoms with Crippen LogP contribution in [-0.4, -0.2) is 20.4 Å². The van der Waals surface area contributed by atoms with Crippen LogP contribution in [0.2, 0.25) is 0 Å². The molecule has 0 atom stereocenters. The highest BCUT2D eigenvalue weighted by atomic mass is 79.9. The molecular formula is C22H19BrN4O2S. The quantitative estimate of drug-likeness (QED) is 0.411. The van der Waals surface area contributed by atoms with Crippen molar-refractivity contribution in [3.63, 3.8) is 0 Å². The zero-order chi connectivity index (χ0) is 21.4. The van der Waals surface area contributed by atoms with Crippen molar-refractivity contribution >= 4 is 54.9 Å².